The molecule has 0 bridgehead atoms. The number of aryl methyl sites for hydroxylation is 1. The highest BCUT2D eigenvalue weighted by Gasteiger charge is 2.38. The molecule has 2 N–H and O–H groups in total. The summed E-state index contributed by atoms with van der Waals surface area (Å²) in [4.78, 5) is 12.4. The molecule has 134 valence electrons. The fourth-order valence-electron chi connectivity index (χ4n) is 3.39. The molecular weight excluding hydrogens is 318 g/mol. The van der Waals surface area contributed by atoms with Gasteiger partial charge in [0.25, 0.3) is 5.91 Å². The van der Waals surface area contributed by atoms with Gasteiger partial charge in [-0.25, -0.2) is 4.68 Å². The number of ether oxygens (including phenoxy) is 1. The molecule has 1 heterocycles. The van der Waals surface area contributed by atoms with Crippen LogP contribution in [-0.2, 0) is 0 Å². The van der Waals surface area contributed by atoms with Crippen LogP contribution in [0.25, 0.3) is 5.69 Å². The SMILES string of the molecule is COc1ccc(-n2nc(C(=O)NC[C@@]3(O)CCC[C@@H]3C)cc2C)cc1. The lowest BCUT2D eigenvalue weighted by atomic mass is 9.92. The van der Waals surface area contributed by atoms with Gasteiger partial charge in [0.1, 0.15) is 5.75 Å². The number of benzene rings is 1. The highest BCUT2D eigenvalue weighted by atomic mass is 16.5. The van der Waals surface area contributed by atoms with E-state index in [0.717, 1.165) is 36.4 Å². The fourth-order valence-corrected chi connectivity index (χ4v) is 3.39. The minimum Gasteiger partial charge on any atom is -0.497 e. The van der Waals surface area contributed by atoms with Crippen molar-refractivity contribution in [1.29, 1.82) is 0 Å². The monoisotopic (exact) mass is 343 g/mol. The summed E-state index contributed by atoms with van der Waals surface area (Å²) >= 11 is 0. The number of hydrogen-bond acceptors (Lipinski definition) is 4. The second-order valence-electron chi connectivity index (χ2n) is 6.86. The molecule has 2 atom stereocenters. The third-order valence-corrected chi connectivity index (χ3v) is 5.16. The van der Waals surface area contributed by atoms with Gasteiger partial charge in [-0.1, -0.05) is 13.3 Å². The number of aromatic nitrogens is 2. The van der Waals surface area contributed by atoms with Crippen LogP contribution in [0, 0.1) is 12.8 Å². The number of carbonyl (C=O) groups is 1. The van der Waals surface area contributed by atoms with Crippen LogP contribution in [-0.4, -0.2) is 40.0 Å². The normalized spacial score (nSPS) is 22.8. The number of nitrogens with zero attached hydrogens (tertiary/aromatic N) is 2. The summed E-state index contributed by atoms with van der Waals surface area (Å²) in [6.45, 7) is 4.20. The minimum atomic E-state index is -0.802. The molecule has 1 aromatic heterocycles. The van der Waals surface area contributed by atoms with Crippen LogP contribution in [0.1, 0.15) is 42.4 Å². The van der Waals surface area contributed by atoms with Crippen LogP contribution >= 0.6 is 0 Å². The van der Waals surface area contributed by atoms with Crippen LogP contribution in [0.5, 0.6) is 5.75 Å². The second-order valence-corrected chi connectivity index (χ2v) is 6.86. The Balaban J connectivity index is 1.71. The molecule has 0 aliphatic heterocycles. The van der Waals surface area contributed by atoms with E-state index in [0.29, 0.717) is 5.69 Å². The third kappa shape index (κ3) is 3.54. The molecule has 1 aromatic carbocycles. The van der Waals surface area contributed by atoms with Crippen molar-refractivity contribution in [2.24, 2.45) is 5.92 Å². The van der Waals surface area contributed by atoms with Gasteiger partial charge < -0.3 is 15.2 Å². The average Bonchev–Trinajstić information content (AvgIpc) is 3.16. The van der Waals surface area contributed by atoms with Crippen molar-refractivity contribution in [3.05, 3.63) is 41.7 Å². The summed E-state index contributed by atoms with van der Waals surface area (Å²) in [7, 11) is 1.62. The summed E-state index contributed by atoms with van der Waals surface area (Å²) in [5.74, 6) is 0.708. The Bertz CT molecular complexity index is 754. The Labute approximate surface area is 147 Å². The second kappa shape index (κ2) is 6.88. The molecule has 1 aliphatic carbocycles. The zero-order chi connectivity index (χ0) is 18.0. The first kappa shape index (κ1) is 17.5. The minimum absolute atomic E-state index is 0.200. The number of amides is 1. The highest BCUT2D eigenvalue weighted by Crippen LogP contribution is 2.34. The average molecular weight is 343 g/mol. The van der Waals surface area contributed by atoms with E-state index in [9.17, 15) is 9.90 Å². The van der Waals surface area contributed by atoms with Gasteiger partial charge in [0.05, 0.1) is 18.4 Å². The Morgan fingerprint density at radius 1 is 1.44 bits per heavy atom. The van der Waals surface area contributed by atoms with Gasteiger partial charge in [0, 0.05) is 12.2 Å². The van der Waals surface area contributed by atoms with E-state index in [1.807, 2.05) is 38.1 Å². The summed E-state index contributed by atoms with van der Waals surface area (Å²) in [6, 6.07) is 9.25. The molecule has 6 heteroatoms. The lowest BCUT2D eigenvalue weighted by Gasteiger charge is -2.27. The predicted molar refractivity (Wildman–Crippen MR) is 95.2 cm³/mol. The fraction of sp³-hybridized carbons (Fsp3) is 0.474. The third-order valence-electron chi connectivity index (χ3n) is 5.16. The summed E-state index contributed by atoms with van der Waals surface area (Å²) in [6.07, 6.45) is 2.73. The Kier molecular flexibility index (Phi) is 4.81. The molecule has 1 amide bonds. The van der Waals surface area contributed by atoms with Crippen LogP contribution in [0.15, 0.2) is 30.3 Å². The number of aliphatic hydroxyl groups is 1. The van der Waals surface area contributed by atoms with Crippen molar-refractivity contribution in [2.75, 3.05) is 13.7 Å². The molecule has 1 saturated carbocycles. The Hall–Kier alpha value is -2.34. The Morgan fingerprint density at radius 2 is 2.16 bits per heavy atom. The predicted octanol–water partition coefficient (Wildman–Crippen LogP) is 2.47. The van der Waals surface area contributed by atoms with Gasteiger partial charge in [-0.3, -0.25) is 4.79 Å². The number of nitrogens with one attached hydrogen (secondary N) is 1. The standard InChI is InChI=1S/C19H25N3O3/c1-13-5-4-10-19(13,24)12-20-18(23)17-11-14(2)22(21-17)15-6-8-16(25-3)9-7-15/h6-9,11,13,24H,4-5,10,12H2,1-3H3,(H,20,23)/t13-,19-/m0/s1. The molecule has 2 aromatic rings. The van der Waals surface area contributed by atoms with E-state index in [2.05, 4.69) is 10.4 Å². The summed E-state index contributed by atoms with van der Waals surface area (Å²) < 4.78 is 6.88. The quantitative estimate of drug-likeness (QED) is 0.874. The Morgan fingerprint density at radius 3 is 2.76 bits per heavy atom. The maximum atomic E-state index is 12.4. The van der Waals surface area contributed by atoms with Gasteiger partial charge in [-0.05, 0) is 56.0 Å². The first-order chi connectivity index (χ1) is 11.9. The topological polar surface area (TPSA) is 76.4 Å². The largest absolute Gasteiger partial charge is 0.497 e. The lowest BCUT2D eigenvalue weighted by Crippen LogP contribution is -2.44. The van der Waals surface area contributed by atoms with E-state index >= 15 is 0 Å². The van der Waals surface area contributed by atoms with Crippen molar-refractivity contribution in [1.82, 2.24) is 15.1 Å². The number of methoxy groups -OCH3 is 1. The molecule has 25 heavy (non-hydrogen) atoms. The van der Waals surface area contributed by atoms with E-state index < -0.39 is 5.60 Å². The molecule has 0 spiro atoms. The molecule has 1 fully saturated rings. The molecule has 1 aliphatic rings. The van der Waals surface area contributed by atoms with Crippen LogP contribution in [0.2, 0.25) is 0 Å². The molecule has 3 rings (SSSR count). The summed E-state index contributed by atoms with van der Waals surface area (Å²) in [5.41, 5.74) is 1.27. The van der Waals surface area contributed by atoms with Crippen LogP contribution in [0.3, 0.4) is 0 Å². The van der Waals surface area contributed by atoms with Crippen LogP contribution in [0.4, 0.5) is 0 Å². The van der Waals surface area contributed by atoms with E-state index in [4.69, 9.17) is 4.74 Å². The molecule has 0 saturated heterocycles. The maximum Gasteiger partial charge on any atom is 0.271 e. The van der Waals surface area contributed by atoms with Gasteiger partial charge in [0.2, 0.25) is 0 Å². The van der Waals surface area contributed by atoms with Crippen molar-refractivity contribution >= 4 is 5.91 Å². The zero-order valence-corrected chi connectivity index (χ0v) is 15.0. The van der Waals surface area contributed by atoms with E-state index in [-0.39, 0.29) is 18.4 Å². The summed E-state index contributed by atoms with van der Waals surface area (Å²) in [5, 5.41) is 17.8. The van der Waals surface area contributed by atoms with Gasteiger partial charge in [0.15, 0.2) is 5.69 Å². The van der Waals surface area contributed by atoms with Crippen molar-refractivity contribution in [3.63, 3.8) is 0 Å². The zero-order valence-electron chi connectivity index (χ0n) is 15.0. The number of rotatable bonds is 5. The van der Waals surface area contributed by atoms with Gasteiger partial charge in [-0.15, -0.1) is 0 Å². The van der Waals surface area contributed by atoms with Crippen molar-refractivity contribution in [2.45, 2.75) is 38.7 Å². The highest BCUT2D eigenvalue weighted by molar-refractivity contribution is 5.92. The first-order valence-electron chi connectivity index (χ1n) is 8.64. The first-order valence-corrected chi connectivity index (χ1v) is 8.64. The van der Waals surface area contributed by atoms with Gasteiger partial charge in [-0.2, -0.15) is 5.10 Å². The van der Waals surface area contributed by atoms with Crippen LogP contribution < -0.4 is 10.1 Å². The molecular formula is C19H25N3O3. The van der Waals surface area contributed by atoms with Crippen molar-refractivity contribution in [3.8, 4) is 11.4 Å². The maximum absolute atomic E-state index is 12.4. The lowest BCUT2D eigenvalue weighted by molar-refractivity contribution is 0.0101. The number of carbonyl (C=O) groups excluding carboxylic acids is 1. The number of hydrogen-bond donors (Lipinski definition) is 2. The molecule has 0 unspecified atom stereocenters. The van der Waals surface area contributed by atoms with Gasteiger partial charge >= 0.3 is 0 Å². The smallest absolute Gasteiger partial charge is 0.271 e. The molecule has 0 radical (unpaired) electrons. The van der Waals surface area contributed by atoms with E-state index in [1.54, 1.807) is 17.9 Å². The molecule has 6 nitrogen and oxygen atoms in total. The van der Waals surface area contributed by atoms with Crippen molar-refractivity contribution < 1.29 is 14.6 Å². The van der Waals surface area contributed by atoms with E-state index in [1.165, 1.54) is 0 Å².